The van der Waals surface area contributed by atoms with Gasteiger partial charge < -0.3 is 10.6 Å². The van der Waals surface area contributed by atoms with Crippen molar-refractivity contribution in [1.29, 1.82) is 0 Å². The Morgan fingerprint density at radius 3 is 2.79 bits per heavy atom. The number of hydrogen-bond acceptors (Lipinski definition) is 2. The Morgan fingerprint density at radius 2 is 2.21 bits per heavy atom. The van der Waals surface area contributed by atoms with E-state index in [-0.39, 0.29) is 11.8 Å². The first-order valence-electron chi connectivity index (χ1n) is 6.37. The van der Waals surface area contributed by atoms with Crippen LogP contribution in [0.1, 0.15) is 31.2 Å². The number of carbonyl (C=O) groups excluding carboxylic acids is 2. The van der Waals surface area contributed by atoms with Crippen LogP contribution in [0.3, 0.4) is 0 Å². The molecule has 0 spiro atoms. The molecular weight excluding hydrogens is 308 g/mol. The van der Waals surface area contributed by atoms with Gasteiger partial charge in [0.15, 0.2) is 0 Å². The number of amides is 2. The van der Waals surface area contributed by atoms with Crippen molar-refractivity contribution in [3.8, 4) is 0 Å². The third kappa shape index (κ3) is 2.81. The van der Waals surface area contributed by atoms with Crippen LogP contribution in [0.25, 0.3) is 0 Å². The van der Waals surface area contributed by atoms with E-state index in [1.54, 1.807) is 4.90 Å². The number of nitrogens with zero attached hydrogens (tertiary/aromatic N) is 1. The fourth-order valence-electron chi connectivity index (χ4n) is 2.62. The van der Waals surface area contributed by atoms with E-state index in [4.69, 9.17) is 5.73 Å². The largest absolute Gasteiger partial charge is 0.368 e. The summed E-state index contributed by atoms with van der Waals surface area (Å²) in [5.41, 5.74) is 6.47. The van der Waals surface area contributed by atoms with Crippen LogP contribution >= 0.6 is 15.9 Å². The molecule has 2 atom stereocenters. The van der Waals surface area contributed by atoms with Crippen LogP contribution in [-0.4, -0.2) is 29.3 Å². The van der Waals surface area contributed by atoms with E-state index in [1.165, 1.54) is 0 Å². The molecule has 2 amide bonds. The Labute approximate surface area is 121 Å². The highest BCUT2D eigenvalue weighted by molar-refractivity contribution is 9.10. The fraction of sp³-hybridized carbons (Fsp3) is 0.429. The summed E-state index contributed by atoms with van der Waals surface area (Å²) in [6.45, 7) is 2.43. The number of halogens is 1. The summed E-state index contributed by atoms with van der Waals surface area (Å²) < 4.78 is 1.00. The molecule has 19 heavy (non-hydrogen) atoms. The second-order valence-electron chi connectivity index (χ2n) is 4.80. The van der Waals surface area contributed by atoms with Gasteiger partial charge in [-0.25, -0.2) is 0 Å². The van der Waals surface area contributed by atoms with Gasteiger partial charge in [-0.05, 0) is 18.1 Å². The fourth-order valence-corrected chi connectivity index (χ4v) is 3.23. The average Bonchev–Trinajstić information content (AvgIpc) is 2.72. The van der Waals surface area contributed by atoms with Gasteiger partial charge in [0.25, 0.3) is 0 Å². The van der Waals surface area contributed by atoms with Crippen LogP contribution in [0.15, 0.2) is 28.7 Å². The molecule has 0 aromatic heterocycles. The van der Waals surface area contributed by atoms with Gasteiger partial charge in [0.2, 0.25) is 11.8 Å². The smallest absolute Gasteiger partial charge is 0.240 e. The summed E-state index contributed by atoms with van der Waals surface area (Å²) in [7, 11) is 0. The molecule has 1 aromatic rings. The normalized spacial score (nSPS) is 20.6. The number of benzene rings is 1. The number of rotatable bonds is 4. The van der Waals surface area contributed by atoms with Crippen molar-refractivity contribution >= 4 is 27.7 Å². The van der Waals surface area contributed by atoms with Gasteiger partial charge in [0, 0.05) is 23.4 Å². The third-order valence-electron chi connectivity index (χ3n) is 3.59. The summed E-state index contributed by atoms with van der Waals surface area (Å²) in [6.07, 6.45) is 0.996. The zero-order valence-electron chi connectivity index (χ0n) is 10.8. The van der Waals surface area contributed by atoms with Crippen molar-refractivity contribution in [3.05, 3.63) is 34.3 Å². The van der Waals surface area contributed by atoms with E-state index < -0.39 is 11.9 Å². The highest BCUT2D eigenvalue weighted by Gasteiger charge is 2.37. The SMILES string of the molecule is CCC(C(N)=O)N1CC(c2ccccc2Br)CC1=O. The minimum atomic E-state index is -0.486. The number of likely N-dealkylation sites (tertiary alicyclic amines) is 1. The molecule has 2 unspecified atom stereocenters. The molecule has 102 valence electrons. The summed E-state index contributed by atoms with van der Waals surface area (Å²) in [4.78, 5) is 25.1. The van der Waals surface area contributed by atoms with Gasteiger partial charge in [0.05, 0.1) is 0 Å². The van der Waals surface area contributed by atoms with Crippen molar-refractivity contribution in [2.24, 2.45) is 5.73 Å². The average molecular weight is 325 g/mol. The topological polar surface area (TPSA) is 63.4 Å². The quantitative estimate of drug-likeness (QED) is 0.921. The highest BCUT2D eigenvalue weighted by atomic mass is 79.9. The minimum Gasteiger partial charge on any atom is -0.368 e. The first-order valence-corrected chi connectivity index (χ1v) is 7.17. The van der Waals surface area contributed by atoms with Crippen molar-refractivity contribution in [1.82, 2.24) is 4.90 Å². The maximum Gasteiger partial charge on any atom is 0.240 e. The van der Waals surface area contributed by atoms with E-state index in [2.05, 4.69) is 15.9 Å². The summed E-state index contributed by atoms with van der Waals surface area (Å²) in [5, 5.41) is 0. The molecule has 1 heterocycles. The summed E-state index contributed by atoms with van der Waals surface area (Å²) in [6, 6.07) is 7.39. The molecule has 0 bridgehead atoms. The number of primary amides is 1. The standard InChI is InChI=1S/C14H17BrN2O2/c1-2-12(14(16)19)17-8-9(7-13(17)18)10-5-3-4-6-11(10)15/h3-6,9,12H,2,7-8H2,1H3,(H2,16,19). The predicted octanol–water partition coefficient (Wildman–Crippen LogP) is 2.03. The lowest BCUT2D eigenvalue weighted by molar-refractivity contribution is -0.136. The van der Waals surface area contributed by atoms with Crippen LogP contribution in [0.2, 0.25) is 0 Å². The molecule has 1 aliphatic heterocycles. The molecule has 1 saturated heterocycles. The molecule has 4 nitrogen and oxygen atoms in total. The molecular formula is C14H17BrN2O2. The second-order valence-corrected chi connectivity index (χ2v) is 5.65. The van der Waals surface area contributed by atoms with Crippen molar-refractivity contribution < 1.29 is 9.59 Å². The van der Waals surface area contributed by atoms with Crippen molar-refractivity contribution in [2.75, 3.05) is 6.54 Å². The number of nitrogens with two attached hydrogens (primary N) is 1. The second kappa shape index (κ2) is 5.74. The van der Waals surface area contributed by atoms with Gasteiger partial charge in [-0.15, -0.1) is 0 Å². The van der Waals surface area contributed by atoms with Crippen LogP contribution in [-0.2, 0) is 9.59 Å². The van der Waals surface area contributed by atoms with Gasteiger partial charge in [-0.3, -0.25) is 9.59 Å². The lowest BCUT2D eigenvalue weighted by Gasteiger charge is -2.24. The van der Waals surface area contributed by atoms with Gasteiger partial charge in [-0.2, -0.15) is 0 Å². The molecule has 1 fully saturated rings. The maximum atomic E-state index is 12.1. The number of hydrogen-bond donors (Lipinski definition) is 1. The monoisotopic (exact) mass is 324 g/mol. The molecule has 5 heteroatoms. The Hall–Kier alpha value is -1.36. The van der Waals surface area contributed by atoms with Crippen molar-refractivity contribution in [3.63, 3.8) is 0 Å². The van der Waals surface area contributed by atoms with Crippen molar-refractivity contribution in [2.45, 2.75) is 31.7 Å². The van der Waals surface area contributed by atoms with E-state index in [0.29, 0.717) is 19.4 Å². The van der Waals surface area contributed by atoms with E-state index in [1.807, 2.05) is 31.2 Å². The van der Waals surface area contributed by atoms with Crippen LogP contribution in [0.4, 0.5) is 0 Å². The molecule has 1 aromatic carbocycles. The Balaban J connectivity index is 2.20. The minimum absolute atomic E-state index is 0.00593. The lowest BCUT2D eigenvalue weighted by Crippen LogP contribution is -2.45. The predicted molar refractivity (Wildman–Crippen MR) is 76.5 cm³/mol. The first kappa shape index (κ1) is 14.1. The van der Waals surface area contributed by atoms with Crippen LogP contribution in [0.5, 0.6) is 0 Å². The molecule has 1 aliphatic rings. The van der Waals surface area contributed by atoms with Gasteiger partial charge >= 0.3 is 0 Å². The molecule has 0 saturated carbocycles. The molecule has 2 rings (SSSR count). The lowest BCUT2D eigenvalue weighted by atomic mass is 9.98. The Morgan fingerprint density at radius 1 is 1.53 bits per heavy atom. The van der Waals surface area contributed by atoms with Crippen LogP contribution < -0.4 is 5.73 Å². The van der Waals surface area contributed by atoms with E-state index in [9.17, 15) is 9.59 Å². The molecule has 0 aliphatic carbocycles. The third-order valence-corrected chi connectivity index (χ3v) is 4.32. The Bertz CT molecular complexity index is 504. The summed E-state index contributed by atoms with van der Waals surface area (Å²) >= 11 is 3.51. The van der Waals surface area contributed by atoms with Gasteiger partial charge in [-0.1, -0.05) is 41.1 Å². The first-order chi connectivity index (χ1) is 9.04. The zero-order valence-corrected chi connectivity index (χ0v) is 12.4. The molecule has 0 radical (unpaired) electrons. The Kier molecular flexibility index (Phi) is 4.24. The maximum absolute atomic E-state index is 12.1. The molecule has 2 N–H and O–H groups in total. The zero-order chi connectivity index (χ0) is 14.0. The van der Waals surface area contributed by atoms with E-state index in [0.717, 1.165) is 10.0 Å². The van der Waals surface area contributed by atoms with E-state index >= 15 is 0 Å². The number of carbonyl (C=O) groups is 2. The highest BCUT2D eigenvalue weighted by Crippen LogP contribution is 2.33. The van der Waals surface area contributed by atoms with Gasteiger partial charge in [0.1, 0.15) is 6.04 Å². The summed E-state index contributed by atoms with van der Waals surface area (Å²) in [5.74, 6) is -0.300. The van der Waals surface area contributed by atoms with Crippen LogP contribution in [0, 0.1) is 0 Å².